The third-order valence-corrected chi connectivity index (χ3v) is 1.65. The summed E-state index contributed by atoms with van der Waals surface area (Å²) in [7, 11) is 0. The number of aromatic amines is 1. The highest BCUT2D eigenvalue weighted by Gasteiger charge is 2.03. The summed E-state index contributed by atoms with van der Waals surface area (Å²) >= 11 is 0. The minimum absolute atomic E-state index is 0.340. The van der Waals surface area contributed by atoms with Crippen LogP contribution in [0.2, 0.25) is 0 Å². The molecule has 4 heteroatoms. The molecule has 0 amide bonds. The van der Waals surface area contributed by atoms with Gasteiger partial charge in [-0.15, -0.1) is 0 Å². The first-order valence-corrected chi connectivity index (χ1v) is 3.45. The van der Waals surface area contributed by atoms with Gasteiger partial charge < -0.3 is 10.7 Å². The van der Waals surface area contributed by atoms with Crippen molar-refractivity contribution < 1.29 is 0 Å². The molecule has 0 spiro atoms. The Hall–Kier alpha value is -2.02. The first-order valence-electron chi connectivity index (χ1n) is 3.45. The summed E-state index contributed by atoms with van der Waals surface area (Å²) in [5.74, 6) is 0.340. The number of imidazole rings is 1. The molecule has 0 aliphatic heterocycles. The molecule has 0 saturated carbocycles. The lowest BCUT2D eigenvalue weighted by molar-refractivity contribution is 1.35. The predicted octanol–water partition coefficient (Wildman–Crippen LogP) is 1.02. The molecule has 58 valence electrons. The van der Waals surface area contributed by atoms with Crippen LogP contribution in [-0.4, -0.2) is 9.97 Å². The summed E-state index contributed by atoms with van der Waals surface area (Å²) in [6, 6.07) is 7.38. The van der Waals surface area contributed by atoms with Crippen molar-refractivity contribution in [3.8, 4) is 6.07 Å². The van der Waals surface area contributed by atoms with Crippen LogP contribution in [0.4, 0.5) is 5.95 Å². The maximum Gasteiger partial charge on any atom is 0.198 e. The van der Waals surface area contributed by atoms with Gasteiger partial charge in [0, 0.05) is 0 Å². The number of anilines is 1. The molecule has 0 saturated heterocycles. The minimum Gasteiger partial charge on any atom is -0.369 e. The van der Waals surface area contributed by atoms with Crippen molar-refractivity contribution in [1.29, 1.82) is 5.26 Å². The Labute approximate surface area is 68.6 Å². The largest absolute Gasteiger partial charge is 0.369 e. The number of nitrogens with zero attached hydrogens (tertiary/aromatic N) is 2. The molecule has 0 unspecified atom stereocenters. The van der Waals surface area contributed by atoms with Crippen LogP contribution in [0.25, 0.3) is 11.0 Å². The molecule has 3 N–H and O–H groups in total. The van der Waals surface area contributed by atoms with Crippen molar-refractivity contribution in [2.24, 2.45) is 0 Å². The molecule has 0 atom stereocenters. The zero-order chi connectivity index (χ0) is 8.55. The molecule has 0 aliphatic carbocycles. The Bertz CT molecular complexity index is 463. The molecule has 0 bridgehead atoms. The lowest BCUT2D eigenvalue weighted by Gasteiger charge is -1.87. The first-order chi connectivity index (χ1) is 5.81. The molecule has 1 aromatic carbocycles. The van der Waals surface area contributed by atoms with Crippen LogP contribution in [0.15, 0.2) is 18.2 Å². The van der Waals surface area contributed by atoms with E-state index < -0.39 is 0 Å². The van der Waals surface area contributed by atoms with Crippen LogP contribution in [0.1, 0.15) is 5.56 Å². The smallest absolute Gasteiger partial charge is 0.198 e. The highest BCUT2D eigenvalue weighted by molar-refractivity contribution is 5.82. The van der Waals surface area contributed by atoms with Crippen LogP contribution in [0, 0.1) is 11.3 Å². The average molecular weight is 158 g/mol. The number of para-hydroxylation sites is 1. The zero-order valence-electron chi connectivity index (χ0n) is 6.20. The fourth-order valence-electron chi connectivity index (χ4n) is 1.14. The second-order valence-electron chi connectivity index (χ2n) is 2.44. The molecule has 1 heterocycles. The van der Waals surface area contributed by atoms with E-state index >= 15 is 0 Å². The summed E-state index contributed by atoms with van der Waals surface area (Å²) in [5.41, 5.74) is 7.41. The van der Waals surface area contributed by atoms with Gasteiger partial charge in [-0.05, 0) is 12.1 Å². The Morgan fingerprint density at radius 3 is 3.08 bits per heavy atom. The topological polar surface area (TPSA) is 78.5 Å². The number of nitrogens with one attached hydrogen (secondary N) is 1. The Morgan fingerprint density at radius 1 is 1.50 bits per heavy atom. The molecule has 0 radical (unpaired) electrons. The van der Waals surface area contributed by atoms with Crippen molar-refractivity contribution in [2.75, 3.05) is 5.73 Å². The summed E-state index contributed by atoms with van der Waals surface area (Å²) in [6.45, 7) is 0. The lowest BCUT2D eigenvalue weighted by atomic mass is 10.2. The van der Waals surface area contributed by atoms with Gasteiger partial charge in [0.25, 0.3) is 0 Å². The third-order valence-electron chi connectivity index (χ3n) is 1.65. The van der Waals surface area contributed by atoms with Gasteiger partial charge in [0.05, 0.1) is 11.1 Å². The lowest BCUT2D eigenvalue weighted by Crippen LogP contribution is -1.84. The van der Waals surface area contributed by atoms with Crippen molar-refractivity contribution in [1.82, 2.24) is 9.97 Å². The van der Waals surface area contributed by atoms with Crippen molar-refractivity contribution in [3.63, 3.8) is 0 Å². The van der Waals surface area contributed by atoms with E-state index in [1.165, 1.54) is 0 Å². The van der Waals surface area contributed by atoms with Gasteiger partial charge in [0.15, 0.2) is 5.95 Å². The van der Waals surface area contributed by atoms with Crippen LogP contribution in [0.5, 0.6) is 0 Å². The standard InChI is InChI=1S/C8H6N4/c9-4-5-2-1-3-6-7(5)12-8(10)11-6/h1-3H,(H3,10,11,12). The number of nitrogens with two attached hydrogens (primary N) is 1. The number of nitriles is 1. The van der Waals surface area contributed by atoms with Crippen LogP contribution < -0.4 is 5.73 Å². The maximum absolute atomic E-state index is 8.70. The Balaban J connectivity index is 2.89. The highest BCUT2D eigenvalue weighted by atomic mass is 15.0. The van der Waals surface area contributed by atoms with E-state index in [1.54, 1.807) is 12.1 Å². The number of fused-ring (bicyclic) bond motifs is 1. The molecular weight excluding hydrogens is 152 g/mol. The van der Waals surface area contributed by atoms with Gasteiger partial charge in [-0.2, -0.15) is 5.26 Å². The summed E-state index contributed by atoms with van der Waals surface area (Å²) in [5, 5.41) is 8.70. The monoisotopic (exact) mass is 158 g/mol. The SMILES string of the molecule is N#Cc1cccc2[nH]c(N)nc12. The molecule has 0 fully saturated rings. The number of H-pyrrole nitrogens is 1. The molecule has 12 heavy (non-hydrogen) atoms. The highest BCUT2D eigenvalue weighted by Crippen LogP contribution is 2.15. The molecular formula is C8H6N4. The van der Waals surface area contributed by atoms with Gasteiger partial charge in [0.1, 0.15) is 11.6 Å². The van der Waals surface area contributed by atoms with Gasteiger partial charge in [-0.1, -0.05) is 6.07 Å². The number of benzene rings is 1. The summed E-state index contributed by atoms with van der Waals surface area (Å²) in [4.78, 5) is 6.83. The fourth-order valence-corrected chi connectivity index (χ4v) is 1.14. The van der Waals surface area contributed by atoms with E-state index in [9.17, 15) is 0 Å². The van der Waals surface area contributed by atoms with Crippen LogP contribution in [0.3, 0.4) is 0 Å². The van der Waals surface area contributed by atoms with Crippen molar-refractivity contribution in [3.05, 3.63) is 23.8 Å². The minimum atomic E-state index is 0.340. The van der Waals surface area contributed by atoms with Crippen LogP contribution in [-0.2, 0) is 0 Å². The molecule has 4 nitrogen and oxygen atoms in total. The second kappa shape index (κ2) is 2.24. The van der Waals surface area contributed by atoms with Gasteiger partial charge in [-0.3, -0.25) is 0 Å². The normalized spacial score (nSPS) is 9.92. The predicted molar refractivity (Wildman–Crippen MR) is 45.2 cm³/mol. The number of hydrogen-bond donors (Lipinski definition) is 2. The third kappa shape index (κ3) is 0.805. The van der Waals surface area contributed by atoms with E-state index in [0.717, 1.165) is 5.52 Å². The van der Waals surface area contributed by atoms with E-state index in [0.29, 0.717) is 17.0 Å². The van der Waals surface area contributed by atoms with Gasteiger partial charge >= 0.3 is 0 Å². The molecule has 2 rings (SSSR count). The number of hydrogen-bond acceptors (Lipinski definition) is 3. The van der Waals surface area contributed by atoms with E-state index in [-0.39, 0.29) is 0 Å². The fraction of sp³-hybridized carbons (Fsp3) is 0. The average Bonchev–Trinajstić information content (AvgIpc) is 2.44. The quantitative estimate of drug-likeness (QED) is 0.600. The Morgan fingerprint density at radius 2 is 2.33 bits per heavy atom. The van der Waals surface area contributed by atoms with E-state index in [4.69, 9.17) is 11.0 Å². The number of rotatable bonds is 0. The maximum atomic E-state index is 8.70. The van der Waals surface area contributed by atoms with Crippen molar-refractivity contribution >= 4 is 17.0 Å². The Kier molecular flexibility index (Phi) is 1.25. The first kappa shape index (κ1) is 6.68. The summed E-state index contributed by atoms with van der Waals surface area (Å²) < 4.78 is 0. The van der Waals surface area contributed by atoms with E-state index in [1.807, 2.05) is 12.1 Å². The second-order valence-corrected chi connectivity index (χ2v) is 2.44. The summed E-state index contributed by atoms with van der Waals surface area (Å²) in [6.07, 6.45) is 0. The number of nitrogen functional groups attached to an aromatic ring is 1. The zero-order valence-corrected chi connectivity index (χ0v) is 6.20. The van der Waals surface area contributed by atoms with Crippen molar-refractivity contribution in [2.45, 2.75) is 0 Å². The van der Waals surface area contributed by atoms with Gasteiger partial charge in [-0.25, -0.2) is 4.98 Å². The van der Waals surface area contributed by atoms with Crippen LogP contribution >= 0.6 is 0 Å². The molecule has 1 aromatic heterocycles. The number of aromatic nitrogens is 2. The molecule has 2 aromatic rings. The molecule has 0 aliphatic rings. The van der Waals surface area contributed by atoms with E-state index in [2.05, 4.69) is 9.97 Å². The van der Waals surface area contributed by atoms with Gasteiger partial charge in [0.2, 0.25) is 0 Å².